The molecule has 26 heavy (non-hydrogen) atoms. The molecule has 1 aromatic carbocycles. The lowest BCUT2D eigenvalue weighted by atomic mass is 10.1. The number of hydrogen-bond donors (Lipinski definition) is 0. The first-order chi connectivity index (χ1) is 12.6. The largest absolute Gasteiger partial charge is 0.343 e. The third kappa shape index (κ3) is 4.58. The van der Waals surface area contributed by atoms with Crippen LogP contribution in [0.1, 0.15) is 44.5 Å². The van der Waals surface area contributed by atoms with Crippen molar-refractivity contribution in [2.45, 2.75) is 45.6 Å². The summed E-state index contributed by atoms with van der Waals surface area (Å²) in [6.45, 7) is 6.50. The van der Waals surface area contributed by atoms with Crippen LogP contribution in [-0.4, -0.2) is 45.8 Å². The maximum Gasteiger partial charge on any atom is 0.222 e. The molecular formula is C19H25FN4OS. The van der Waals surface area contributed by atoms with Crippen molar-refractivity contribution >= 4 is 22.6 Å². The Hall–Kier alpha value is -2.02. The van der Waals surface area contributed by atoms with Gasteiger partial charge in [-0.25, -0.2) is 9.37 Å². The van der Waals surface area contributed by atoms with E-state index in [0.29, 0.717) is 12.8 Å². The standard InChI is InChI=1S/C19H25FN4OS/c1-3-4-5-18(25)24-11-10-23(13-14(24)2)19-21-17(22-26-19)12-15-6-8-16(20)9-7-15/h6-9,14H,3-5,10-13H2,1-2H3/t14-/m0/s1. The van der Waals surface area contributed by atoms with E-state index in [1.54, 1.807) is 12.1 Å². The van der Waals surface area contributed by atoms with Crippen LogP contribution in [0.3, 0.4) is 0 Å². The van der Waals surface area contributed by atoms with Crippen molar-refractivity contribution < 1.29 is 9.18 Å². The third-order valence-electron chi connectivity index (χ3n) is 4.70. The first-order valence-corrected chi connectivity index (χ1v) is 9.95. The number of rotatable bonds is 6. The van der Waals surface area contributed by atoms with Crippen molar-refractivity contribution in [3.05, 3.63) is 41.5 Å². The van der Waals surface area contributed by atoms with Crippen molar-refractivity contribution in [1.82, 2.24) is 14.3 Å². The molecule has 0 bridgehead atoms. The highest BCUT2D eigenvalue weighted by molar-refractivity contribution is 7.09. The topological polar surface area (TPSA) is 49.3 Å². The molecule has 1 amide bonds. The van der Waals surface area contributed by atoms with Crippen LogP contribution in [0, 0.1) is 5.82 Å². The predicted molar refractivity (Wildman–Crippen MR) is 102 cm³/mol. The summed E-state index contributed by atoms with van der Waals surface area (Å²) in [5.41, 5.74) is 0.996. The van der Waals surface area contributed by atoms with Crippen molar-refractivity contribution in [1.29, 1.82) is 0 Å². The average molecular weight is 377 g/mol. The smallest absolute Gasteiger partial charge is 0.222 e. The highest BCUT2D eigenvalue weighted by Crippen LogP contribution is 2.23. The summed E-state index contributed by atoms with van der Waals surface area (Å²) >= 11 is 1.39. The number of piperazine rings is 1. The number of anilines is 1. The van der Waals surface area contributed by atoms with E-state index in [4.69, 9.17) is 0 Å². The maximum absolute atomic E-state index is 13.0. The average Bonchev–Trinajstić information content (AvgIpc) is 3.10. The minimum absolute atomic E-state index is 0.178. The predicted octanol–water partition coefficient (Wildman–Crippen LogP) is 3.50. The van der Waals surface area contributed by atoms with Gasteiger partial charge in [0.1, 0.15) is 11.6 Å². The molecule has 0 N–H and O–H groups in total. The van der Waals surface area contributed by atoms with Crippen LogP contribution in [0.2, 0.25) is 0 Å². The molecule has 1 aliphatic rings. The minimum atomic E-state index is -0.235. The summed E-state index contributed by atoms with van der Waals surface area (Å²) < 4.78 is 17.4. The number of carbonyl (C=O) groups excluding carboxylic acids is 1. The van der Waals surface area contributed by atoms with Gasteiger partial charge in [-0.2, -0.15) is 4.37 Å². The molecule has 0 unspecified atom stereocenters. The Bertz CT molecular complexity index is 733. The number of hydrogen-bond acceptors (Lipinski definition) is 5. The molecule has 1 fully saturated rings. The fourth-order valence-electron chi connectivity index (χ4n) is 3.20. The van der Waals surface area contributed by atoms with Gasteiger partial charge in [0.2, 0.25) is 11.0 Å². The normalized spacial score (nSPS) is 17.6. The highest BCUT2D eigenvalue weighted by atomic mass is 32.1. The second-order valence-electron chi connectivity index (χ2n) is 6.78. The molecule has 1 aliphatic heterocycles. The lowest BCUT2D eigenvalue weighted by Crippen LogP contribution is -2.54. The molecular weight excluding hydrogens is 351 g/mol. The van der Waals surface area contributed by atoms with E-state index in [1.165, 1.54) is 23.7 Å². The SMILES string of the molecule is CCCCC(=O)N1CCN(c2nc(Cc3ccc(F)cc3)ns2)C[C@@H]1C. The number of amides is 1. The van der Waals surface area contributed by atoms with E-state index in [-0.39, 0.29) is 17.8 Å². The Balaban J connectivity index is 1.58. The zero-order chi connectivity index (χ0) is 18.5. The Morgan fingerprint density at radius 1 is 1.31 bits per heavy atom. The van der Waals surface area contributed by atoms with Crippen LogP contribution < -0.4 is 4.90 Å². The van der Waals surface area contributed by atoms with Gasteiger partial charge in [0.25, 0.3) is 0 Å². The monoisotopic (exact) mass is 376 g/mol. The summed E-state index contributed by atoms with van der Waals surface area (Å²) in [4.78, 5) is 21.1. The molecule has 5 nitrogen and oxygen atoms in total. The number of halogens is 1. The van der Waals surface area contributed by atoms with Gasteiger partial charge in [-0.15, -0.1) is 0 Å². The number of aromatic nitrogens is 2. The second-order valence-corrected chi connectivity index (χ2v) is 7.51. The lowest BCUT2D eigenvalue weighted by Gasteiger charge is -2.39. The minimum Gasteiger partial charge on any atom is -0.343 e. The maximum atomic E-state index is 13.0. The van der Waals surface area contributed by atoms with Crippen molar-refractivity contribution in [2.75, 3.05) is 24.5 Å². The van der Waals surface area contributed by atoms with E-state index >= 15 is 0 Å². The first-order valence-electron chi connectivity index (χ1n) is 9.18. The number of carbonyl (C=O) groups is 1. The van der Waals surface area contributed by atoms with E-state index in [1.807, 2.05) is 4.90 Å². The van der Waals surface area contributed by atoms with Crippen molar-refractivity contribution in [2.24, 2.45) is 0 Å². The Kier molecular flexibility index (Phi) is 6.19. The fraction of sp³-hybridized carbons (Fsp3) is 0.526. The molecule has 2 aromatic rings. The quantitative estimate of drug-likeness (QED) is 0.774. The van der Waals surface area contributed by atoms with E-state index in [9.17, 15) is 9.18 Å². The van der Waals surface area contributed by atoms with E-state index < -0.39 is 0 Å². The molecule has 0 spiro atoms. The Morgan fingerprint density at radius 2 is 2.08 bits per heavy atom. The van der Waals surface area contributed by atoms with Gasteiger partial charge in [-0.05, 0) is 31.0 Å². The van der Waals surface area contributed by atoms with Gasteiger partial charge in [0.15, 0.2) is 0 Å². The second kappa shape index (κ2) is 8.58. The number of nitrogens with zero attached hydrogens (tertiary/aromatic N) is 4. The molecule has 2 heterocycles. The lowest BCUT2D eigenvalue weighted by molar-refractivity contribution is -0.133. The van der Waals surface area contributed by atoms with Crippen LogP contribution in [0.15, 0.2) is 24.3 Å². The fourth-order valence-corrected chi connectivity index (χ4v) is 3.92. The van der Waals surface area contributed by atoms with Gasteiger partial charge in [0, 0.05) is 50.1 Å². The van der Waals surface area contributed by atoms with Crippen molar-refractivity contribution in [3.8, 4) is 0 Å². The Labute approximate surface area is 158 Å². The summed E-state index contributed by atoms with van der Waals surface area (Å²) in [6, 6.07) is 6.62. The summed E-state index contributed by atoms with van der Waals surface area (Å²) in [6.07, 6.45) is 3.24. The molecule has 7 heteroatoms. The summed E-state index contributed by atoms with van der Waals surface area (Å²) in [5, 5.41) is 0.898. The summed E-state index contributed by atoms with van der Waals surface area (Å²) in [5.74, 6) is 0.778. The zero-order valence-electron chi connectivity index (χ0n) is 15.3. The van der Waals surface area contributed by atoms with E-state index in [2.05, 4.69) is 28.1 Å². The van der Waals surface area contributed by atoms with Crippen LogP contribution in [0.4, 0.5) is 9.52 Å². The summed E-state index contributed by atoms with van der Waals surface area (Å²) in [7, 11) is 0. The van der Waals surface area contributed by atoms with Gasteiger partial charge in [-0.1, -0.05) is 25.5 Å². The van der Waals surface area contributed by atoms with Crippen LogP contribution in [0.5, 0.6) is 0 Å². The first kappa shape index (κ1) is 18.8. The molecule has 3 rings (SSSR count). The van der Waals surface area contributed by atoms with Crippen molar-refractivity contribution in [3.63, 3.8) is 0 Å². The molecule has 1 aromatic heterocycles. The van der Waals surface area contributed by atoms with E-state index in [0.717, 1.165) is 49.0 Å². The van der Waals surface area contributed by atoms with Crippen LogP contribution >= 0.6 is 11.5 Å². The zero-order valence-corrected chi connectivity index (χ0v) is 16.1. The highest BCUT2D eigenvalue weighted by Gasteiger charge is 2.28. The van der Waals surface area contributed by atoms with Gasteiger partial charge in [0.05, 0.1) is 0 Å². The van der Waals surface area contributed by atoms with Crippen LogP contribution in [0.25, 0.3) is 0 Å². The molecule has 0 aliphatic carbocycles. The Morgan fingerprint density at radius 3 is 2.77 bits per heavy atom. The molecule has 0 saturated carbocycles. The number of unbranched alkanes of at least 4 members (excludes halogenated alkanes) is 1. The number of benzene rings is 1. The van der Waals surface area contributed by atoms with Gasteiger partial charge in [-0.3, -0.25) is 4.79 Å². The third-order valence-corrected chi connectivity index (χ3v) is 5.51. The molecule has 1 saturated heterocycles. The van der Waals surface area contributed by atoms with Gasteiger partial charge < -0.3 is 9.80 Å². The molecule has 140 valence electrons. The van der Waals surface area contributed by atoms with Gasteiger partial charge >= 0.3 is 0 Å². The molecule has 1 atom stereocenters. The van der Waals surface area contributed by atoms with Crippen LogP contribution in [-0.2, 0) is 11.2 Å². The molecule has 0 radical (unpaired) electrons.